The first-order valence-corrected chi connectivity index (χ1v) is 8.33. The maximum Gasteiger partial charge on any atom is 0.328 e. The van der Waals surface area contributed by atoms with E-state index < -0.39 is 21.5 Å². The third-order valence-electron chi connectivity index (χ3n) is 3.50. The normalized spacial score (nSPS) is 17.6. The molecule has 0 saturated heterocycles. The van der Waals surface area contributed by atoms with E-state index >= 15 is 0 Å². The van der Waals surface area contributed by atoms with Gasteiger partial charge in [-0.05, 0) is 50.0 Å². The Hall–Kier alpha value is -1.37. The number of nitrogens with one attached hydrogen (secondary N) is 1. The third kappa shape index (κ3) is 3.84. The predicted octanol–water partition coefficient (Wildman–Crippen LogP) is 2.66. The molecule has 0 aliphatic heterocycles. The number of carboxylic acids is 1. The molecule has 1 saturated carbocycles. The first-order valence-electron chi connectivity index (χ1n) is 6.46. The number of halogens is 1. The van der Waals surface area contributed by atoms with Crippen LogP contribution in [0.5, 0.6) is 0 Å². The van der Waals surface area contributed by atoms with Crippen LogP contribution < -0.4 is 4.72 Å². The molecule has 7 heteroatoms. The van der Waals surface area contributed by atoms with Gasteiger partial charge in [0.15, 0.2) is 0 Å². The van der Waals surface area contributed by atoms with Gasteiger partial charge in [-0.1, -0.05) is 17.7 Å². The highest BCUT2D eigenvalue weighted by atomic mass is 35.5. The topological polar surface area (TPSA) is 83.5 Å². The summed E-state index contributed by atoms with van der Waals surface area (Å²) in [5.74, 6) is -1.08. The predicted molar refractivity (Wildman–Crippen MR) is 80.7 cm³/mol. The summed E-state index contributed by atoms with van der Waals surface area (Å²) in [6, 6.07) is 4.33. The third-order valence-corrected chi connectivity index (χ3v) is 5.62. The van der Waals surface area contributed by atoms with E-state index in [1.165, 1.54) is 24.3 Å². The van der Waals surface area contributed by atoms with Gasteiger partial charge < -0.3 is 5.11 Å². The Bertz CT molecular complexity index is 693. The Kier molecular flexibility index (Phi) is 4.41. The zero-order chi connectivity index (χ0) is 15.7. The first-order chi connectivity index (χ1) is 9.72. The number of rotatable bonds is 5. The molecule has 1 aliphatic carbocycles. The zero-order valence-corrected chi connectivity index (χ0v) is 13.0. The monoisotopic (exact) mass is 329 g/mol. The van der Waals surface area contributed by atoms with E-state index in [0.29, 0.717) is 5.56 Å². The van der Waals surface area contributed by atoms with Crippen LogP contribution in [0, 0.1) is 0 Å². The van der Waals surface area contributed by atoms with Crippen molar-refractivity contribution in [1.82, 2.24) is 4.72 Å². The molecule has 0 atom stereocenters. The van der Waals surface area contributed by atoms with E-state index in [9.17, 15) is 13.2 Å². The standard InChI is InChI=1S/C14H16ClNO4S/c1-14(7-2-8-14)16-21(19,20)12-5-3-10(9-11(12)15)4-6-13(17)18/h3-6,9,16H,2,7-8H2,1H3,(H,17,18)/b6-4+. The molecule has 0 heterocycles. The Labute approximate surface area is 128 Å². The lowest BCUT2D eigenvalue weighted by molar-refractivity contribution is -0.131. The summed E-state index contributed by atoms with van der Waals surface area (Å²) in [6.45, 7) is 1.87. The lowest BCUT2D eigenvalue weighted by Crippen LogP contribution is -2.50. The molecule has 1 fully saturated rings. The van der Waals surface area contributed by atoms with Crippen LogP contribution in [0.15, 0.2) is 29.2 Å². The Morgan fingerprint density at radius 1 is 1.43 bits per heavy atom. The fourth-order valence-electron chi connectivity index (χ4n) is 2.19. The molecule has 1 aromatic rings. The lowest BCUT2D eigenvalue weighted by Gasteiger charge is -2.38. The Morgan fingerprint density at radius 3 is 2.57 bits per heavy atom. The second-order valence-electron chi connectivity index (χ2n) is 5.38. The number of hydrogen-bond donors (Lipinski definition) is 2. The largest absolute Gasteiger partial charge is 0.478 e. The van der Waals surface area contributed by atoms with Gasteiger partial charge in [0.25, 0.3) is 0 Å². The molecule has 5 nitrogen and oxygen atoms in total. The molecular weight excluding hydrogens is 314 g/mol. The quantitative estimate of drug-likeness (QED) is 0.813. The molecule has 0 radical (unpaired) electrons. The zero-order valence-electron chi connectivity index (χ0n) is 11.5. The molecular formula is C14H16ClNO4S. The average Bonchev–Trinajstić information content (AvgIpc) is 2.33. The summed E-state index contributed by atoms with van der Waals surface area (Å²) in [5.41, 5.74) is 0.125. The van der Waals surface area contributed by atoms with Gasteiger partial charge in [-0.2, -0.15) is 0 Å². The molecule has 2 rings (SSSR count). The smallest absolute Gasteiger partial charge is 0.328 e. The molecule has 1 aliphatic rings. The van der Waals surface area contributed by atoms with Gasteiger partial charge in [0, 0.05) is 11.6 Å². The molecule has 0 bridgehead atoms. The van der Waals surface area contributed by atoms with Crippen LogP contribution in [0.4, 0.5) is 0 Å². The molecule has 114 valence electrons. The van der Waals surface area contributed by atoms with Crippen molar-refractivity contribution in [3.8, 4) is 0 Å². The van der Waals surface area contributed by atoms with Gasteiger partial charge in [0.1, 0.15) is 4.90 Å². The van der Waals surface area contributed by atoms with Gasteiger partial charge in [-0.25, -0.2) is 17.9 Å². The van der Waals surface area contributed by atoms with Gasteiger partial charge in [0.2, 0.25) is 10.0 Å². The SMILES string of the molecule is CC1(NS(=O)(=O)c2ccc(/C=C/C(=O)O)cc2Cl)CCC1. The van der Waals surface area contributed by atoms with Crippen LogP contribution in [0.3, 0.4) is 0 Å². The molecule has 0 spiro atoms. The average molecular weight is 330 g/mol. The summed E-state index contributed by atoms with van der Waals surface area (Å²) in [5, 5.41) is 8.63. The first kappa shape index (κ1) is 16.0. The number of carbonyl (C=O) groups is 1. The van der Waals surface area contributed by atoms with Crippen molar-refractivity contribution < 1.29 is 18.3 Å². The van der Waals surface area contributed by atoms with Crippen molar-refractivity contribution in [2.75, 3.05) is 0 Å². The summed E-state index contributed by atoms with van der Waals surface area (Å²) < 4.78 is 27.3. The van der Waals surface area contributed by atoms with Crippen LogP contribution in [0.2, 0.25) is 5.02 Å². The molecule has 0 unspecified atom stereocenters. The maximum absolute atomic E-state index is 12.3. The van der Waals surface area contributed by atoms with E-state index in [4.69, 9.17) is 16.7 Å². The fraction of sp³-hybridized carbons (Fsp3) is 0.357. The highest BCUT2D eigenvalue weighted by Crippen LogP contribution is 2.33. The summed E-state index contributed by atoms with van der Waals surface area (Å²) in [7, 11) is -3.68. The molecule has 21 heavy (non-hydrogen) atoms. The summed E-state index contributed by atoms with van der Waals surface area (Å²) in [6.07, 6.45) is 4.94. The van der Waals surface area contributed by atoms with Crippen molar-refractivity contribution in [2.45, 2.75) is 36.6 Å². The summed E-state index contributed by atoms with van der Waals surface area (Å²) in [4.78, 5) is 10.5. The van der Waals surface area contributed by atoms with Crippen LogP contribution in [-0.2, 0) is 14.8 Å². The number of aliphatic carboxylic acids is 1. The van der Waals surface area contributed by atoms with Crippen molar-refractivity contribution >= 4 is 33.7 Å². The van der Waals surface area contributed by atoms with Crippen LogP contribution in [0.1, 0.15) is 31.7 Å². The highest BCUT2D eigenvalue weighted by Gasteiger charge is 2.36. The van der Waals surface area contributed by atoms with Crippen molar-refractivity contribution in [3.05, 3.63) is 34.9 Å². The molecule has 0 aromatic heterocycles. The summed E-state index contributed by atoms with van der Waals surface area (Å²) >= 11 is 6.02. The van der Waals surface area contributed by atoms with Crippen molar-refractivity contribution in [2.24, 2.45) is 0 Å². The second-order valence-corrected chi connectivity index (χ2v) is 7.44. The van der Waals surface area contributed by atoms with Gasteiger partial charge in [-0.15, -0.1) is 0 Å². The minimum absolute atomic E-state index is 0.00441. The number of benzene rings is 1. The van der Waals surface area contributed by atoms with Gasteiger partial charge >= 0.3 is 5.97 Å². The molecule has 0 amide bonds. The molecule has 1 aromatic carbocycles. The van der Waals surface area contributed by atoms with E-state index in [0.717, 1.165) is 25.3 Å². The second kappa shape index (κ2) is 5.79. The Balaban J connectivity index is 2.26. The minimum atomic E-state index is -3.68. The van der Waals surface area contributed by atoms with E-state index in [1.54, 1.807) is 0 Å². The number of sulfonamides is 1. The van der Waals surface area contributed by atoms with Crippen LogP contribution in [0.25, 0.3) is 6.08 Å². The maximum atomic E-state index is 12.3. The number of hydrogen-bond acceptors (Lipinski definition) is 3. The van der Waals surface area contributed by atoms with Crippen molar-refractivity contribution in [3.63, 3.8) is 0 Å². The van der Waals surface area contributed by atoms with Crippen LogP contribution >= 0.6 is 11.6 Å². The lowest BCUT2D eigenvalue weighted by atomic mass is 9.80. The van der Waals surface area contributed by atoms with Gasteiger partial charge in [-0.3, -0.25) is 0 Å². The van der Waals surface area contributed by atoms with E-state index in [1.807, 2.05) is 6.92 Å². The fourth-order valence-corrected chi connectivity index (χ4v) is 4.21. The highest BCUT2D eigenvalue weighted by molar-refractivity contribution is 7.89. The van der Waals surface area contributed by atoms with E-state index in [-0.39, 0.29) is 9.92 Å². The van der Waals surface area contributed by atoms with Crippen molar-refractivity contribution in [1.29, 1.82) is 0 Å². The molecule has 2 N–H and O–H groups in total. The minimum Gasteiger partial charge on any atom is -0.478 e. The van der Waals surface area contributed by atoms with E-state index in [2.05, 4.69) is 4.72 Å². The van der Waals surface area contributed by atoms with Crippen LogP contribution in [-0.4, -0.2) is 25.0 Å². The van der Waals surface area contributed by atoms with Gasteiger partial charge in [0.05, 0.1) is 5.02 Å². The Morgan fingerprint density at radius 2 is 2.10 bits per heavy atom. The number of carboxylic acid groups (broad SMARTS) is 1.